The Kier molecular flexibility index (Phi) is 5.36. The fraction of sp³-hybridized carbons (Fsp3) is 0.333. The van der Waals surface area contributed by atoms with Crippen LogP contribution in [-0.4, -0.2) is 23.7 Å². The SMILES string of the molecule is CCOCc1nc(Cl)cc(Nc2ccc(OC)c(C)c2)n1. The summed E-state index contributed by atoms with van der Waals surface area (Å²) >= 11 is 6.01. The van der Waals surface area contributed by atoms with E-state index >= 15 is 0 Å². The zero-order valence-corrected chi connectivity index (χ0v) is 13.1. The number of benzene rings is 1. The summed E-state index contributed by atoms with van der Waals surface area (Å²) in [6, 6.07) is 7.49. The standard InChI is InChI=1S/C15H18ClN3O2/c1-4-21-9-15-18-13(16)8-14(19-15)17-11-5-6-12(20-3)10(2)7-11/h5-8H,4,9H2,1-3H3,(H,17,18,19). The molecule has 6 heteroatoms. The molecule has 0 unspecified atom stereocenters. The Morgan fingerprint density at radius 1 is 1.24 bits per heavy atom. The molecule has 1 aromatic carbocycles. The number of halogens is 1. The van der Waals surface area contributed by atoms with E-state index in [-0.39, 0.29) is 0 Å². The van der Waals surface area contributed by atoms with E-state index in [1.165, 1.54) is 0 Å². The van der Waals surface area contributed by atoms with Crippen molar-refractivity contribution in [2.75, 3.05) is 19.0 Å². The highest BCUT2D eigenvalue weighted by Gasteiger charge is 2.05. The lowest BCUT2D eigenvalue weighted by Crippen LogP contribution is -2.03. The van der Waals surface area contributed by atoms with Crippen molar-refractivity contribution in [3.05, 3.63) is 40.8 Å². The lowest BCUT2D eigenvalue weighted by atomic mass is 10.2. The summed E-state index contributed by atoms with van der Waals surface area (Å²) < 4.78 is 10.5. The van der Waals surface area contributed by atoms with Crippen LogP contribution in [0, 0.1) is 6.92 Å². The van der Waals surface area contributed by atoms with Crippen molar-refractivity contribution in [2.45, 2.75) is 20.5 Å². The predicted molar refractivity (Wildman–Crippen MR) is 83.4 cm³/mol. The molecule has 21 heavy (non-hydrogen) atoms. The van der Waals surface area contributed by atoms with Crippen molar-refractivity contribution >= 4 is 23.1 Å². The lowest BCUT2D eigenvalue weighted by molar-refractivity contribution is 0.128. The predicted octanol–water partition coefficient (Wildman–Crippen LogP) is 3.73. The minimum atomic E-state index is 0.341. The molecule has 2 rings (SSSR count). The molecule has 0 fully saturated rings. The van der Waals surface area contributed by atoms with Crippen molar-refractivity contribution in [3.8, 4) is 5.75 Å². The van der Waals surface area contributed by atoms with Crippen molar-refractivity contribution in [1.82, 2.24) is 9.97 Å². The molecule has 0 bridgehead atoms. The number of aryl methyl sites for hydroxylation is 1. The second-order valence-electron chi connectivity index (χ2n) is 4.44. The van der Waals surface area contributed by atoms with E-state index in [9.17, 15) is 0 Å². The van der Waals surface area contributed by atoms with Crippen LogP contribution in [0.25, 0.3) is 0 Å². The molecular formula is C15H18ClN3O2. The summed E-state index contributed by atoms with van der Waals surface area (Å²) in [6.07, 6.45) is 0. The maximum absolute atomic E-state index is 6.01. The number of methoxy groups -OCH3 is 1. The summed E-state index contributed by atoms with van der Waals surface area (Å²) in [5.41, 5.74) is 1.95. The number of hydrogen-bond acceptors (Lipinski definition) is 5. The largest absolute Gasteiger partial charge is 0.496 e. The van der Waals surface area contributed by atoms with Crippen molar-refractivity contribution in [3.63, 3.8) is 0 Å². The van der Waals surface area contributed by atoms with Gasteiger partial charge < -0.3 is 14.8 Å². The van der Waals surface area contributed by atoms with Crippen LogP contribution in [0.4, 0.5) is 11.5 Å². The number of rotatable bonds is 6. The Hall–Kier alpha value is -1.85. The Morgan fingerprint density at radius 3 is 2.71 bits per heavy atom. The Morgan fingerprint density at radius 2 is 2.05 bits per heavy atom. The summed E-state index contributed by atoms with van der Waals surface area (Å²) in [5, 5.41) is 3.59. The monoisotopic (exact) mass is 307 g/mol. The van der Waals surface area contributed by atoms with E-state index < -0.39 is 0 Å². The van der Waals surface area contributed by atoms with E-state index in [1.807, 2.05) is 32.0 Å². The van der Waals surface area contributed by atoms with Crippen molar-refractivity contribution in [2.24, 2.45) is 0 Å². The minimum absolute atomic E-state index is 0.341. The van der Waals surface area contributed by atoms with Gasteiger partial charge >= 0.3 is 0 Å². The average Bonchev–Trinajstić information content (AvgIpc) is 2.45. The van der Waals surface area contributed by atoms with E-state index in [1.54, 1.807) is 13.2 Å². The van der Waals surface area contributed by atoms with Crippen LogP contribution in [0.3, 0.4) is 0 Å². The van der Waals surface area contributed by atoms with E-state index in [0.717, 1.165) is 17.0 Å². The fourth-order valence-corrected chi connectivity index (χ4v) is 2.09. The van der Waals surface area contributed by atoms with Gasteiger partial charge in [0.15, 0.2) is 5.82 Å². The van der Waals surface area contributed by atoms with Gasteiger partial charge in [0.2, 0.25) is 0 Å². The Balaban J connectivity index is 2.18. The lowest BCUT2D eigenvalue weighted by Gasteiger charge is -2.10. The van der Waals surface area contributed by atoms with Gasteiger partial charge in [0, 0.05) is 18.4 Å². The molecule has 0 aliphatic rings. The number of aromatic nitrogens is 2. The number of nitrogens with one attached hydrogen (secondary N) is 1. The molecule has 0 amide bonds. The molecule has 112 valence electrons. The zero-order valence-electron chi connectivity index (χ0n) is 12.3. The second kappa shape index (κ2) is 7.24. The minimum Gasteiger partial charge on any atom is -0.496 e. The molecule has 2 aromatic rings. The van der Waals surface area contributed by atoms with Gasteiger partial charge in [-0.1, -0.05) is 11.6 Å². The van der Waals surface area contributed by atoms with E-state index in [0.29, 0.717) is 30.0 Å². The first-order chi connectivity index (χ1) is 10.1. The van der Waals surface area contributed by atoms with Crippen LogP contribution < -0.4 is 10.1 Å². The van der Waals surface area contributed by atoms with Gasteiger partial charge in [0.05, 0.1) is 7.11 Å². The molecule has 0 atom stereocenters. The van der Waals surface area contributed by atoms with E-state index in [4.69, 9.17) is 21.1 Å². The topological polar surface area (TPSA) is 56.3 Å². The average molecular weight is 308 g/mol. The van der Waals surface area contributed by atoms with Gasteiger partial charge in [-0.25, -0.2) is 9.97 Å². The third-order valence-corrected chi connectivity index (χ3v) is 3.04. The van der Waals surface area contributed by atoms with Gasteiger partial charge in [-0.3, -0.25) is 0 Å². The second-order valence-corrected chi connectivity index (χ2v) is 4.83. The van der Waals surface area contributed by atoms with Gasteiger partial charge in [-0.2, -0.15) is 0 Å². The summed E-state index contributed by atoms with van der Waals surface area (Å²) in [7, 11) is 1.65. The molecule has 0 aliphatic heterocycles. The van der Waals surface area contributed by atoms with Gasteiger partial charge in [0.25, 0.3) is 0 Å². The molecular weight excluding hydrogens is 290 g/mol. The Labute approximate surface area is 129 Å². The zero-order chi connectivity index (χ0) is 15.2. The molecule has 0 aliphatic carbocycles. The van der Waals surface area contributed by atoms with E-state index in [2.05, 4.69) is 15.3 Å². The van der Waals surface area contributed by atoms with Gasteiger partial charge in [-0.15, -0.1) is 0 Å². The molecule has 1 aromatic heterocycles. The maximum atomic E-state index is 6.01. The van der Waals surface area contributed by atoms with Crippen LogP contribution in [0.2, 0.25) is 5.15 Å². The molecule has 1 heterocycles. The third kappa shape index (κ3) is 4.31. The van der Waals surface area contributed by atoms with Crippen LogP contribution in [-0.2, 0) is 11.3 Å². The first-order valence-corrected chi connectivity index (χ1v) is 7.03. The van der Waals surface area contributed by atoms with Crippen LogP contribution >= 0.6 is 11.6 Å². The molecule has 0 radical (unpaired) electrons. The number of nitrogens with zero attached hydrogens (tertiary/aromatic N) is 2. The highest BCUT2D eigenvalue weighted by molar-refractivity contribution is 6.29. The highest BCUT2D eigenvalue weighted by atomic mass is 35.5. The van der Waals surface area contributed by atoms with Crippen LogP contribution in [0.15, 0.2) is 24.3 Å². The maximum Gasteiger partial charge on any atom is 0.158 e. The quantitative estimate of drug-likeness (QED) is 0.824. The summed E-state index contributed by atoms with van der Waals surface area (Å²) in [4.78, 5) is 8.50. The van der Waals surface area contributed by atoms with Crippen molar-refractivity contribution in [1.29, 1.82) is 0 Å². The molecule has 0 saturated carbocycles. The third-order valence-electron chi connectivity index (χ3n) is 2.84. The van der Waals surface area contributed by atoms with Crippen molar-refractivity contribution < 1.29 is 9.47 Å². The highest BCUT2D eigenvalue weighted by Crippen LogP contribution is 2.24. The number of ether oxygens (including phenoxy) is 2. The van der Waals surface area contributed by atoms with Gasteiger partial charge in [0.1, 0.15) is 23.3 Å². The molecule has 1 N–H and O–H groups in total. The summed E-state index contributed by atoms with van der Waals surface area (Å²) in [6.45, 7) is 4.85. The Bertz CT molecular complexity index is 620. The van der Waals surface area contributed by atoms with Crippen LogP contribution in [0.1, 0.15) is 18.3 Å². The molecule has 0 spiro atoms. The van der Waals surface area contributed by atoms with Gasteiger partial charge in [-0.05, 0) is 37.6 Å². The molecule has 5 nitrogen and oxygen atoms in total. The first-order valence-electron chi connectivity index (χ1n) is 6.65. The number of anilines is 2. The van der Waals surface area contributed by atoms with Crippen LogP contribution in [0.5, 0.6) is 5.75 Å². The normalized spacial score (nSPS) is 10.5. The summed E-state index contributed by atoms with van der Waals surface area (Å²) in [5.74, 6) is 2.03. The smallest absolute Gasteiger partial charge is 0.158 e. The molecule has 0 saturated heterocycles. The number of hydrogen-bond donors (Lipinski definition) is 1. The first kappa shape index (κ1) is 15.5. The fourth-order valence-electron chi connectivity index (χ4n) is 1.89.